The van der Waals surface area contributed by atoms with E-state index in [0.29, 0.717) is 16.5 Å². The molecule has 2 nitrogen and oxygen atoms in total. The zero-order valence-electron chi connectivity index (χ0n) is 8.44. The Morgan fingerprint density at radius 2 is 2.00 bits per heavy atom. The molecule has 1 N–H and O–H groups in total. The smallest absolute Gasteiger partial charge is 0.165 e. The standard InChI is InChI=1S/C12H9Cl2NO/c13-6-4-7-11-9(2-1-3-10(11)16)15-12(7)8(14)5-6/h4-5,15H,1-3H2. The summed E-state index contributed by atoms with van der Waals surface area (Å²) in [4.78, 5) is 15.1. The lowest BCUT2D eigenvalue weighted by Crippen LogP contribution is -2.08. The summed E-state index contributed by atoms with van der Waals surface area (Å²) in [5.41, 5.74) is 2.60. The van der Waals surface area contributed by atoms with E-state index >= 15 is 0 Å². The summed E-state index contributed by atoms with van der Waals surface area (Å²) in [6.45, 7) is 0. The van der Waals surface area contributed by atoms with Gasteiger partial charge in [-0.05, 0) is 25.0 Å². The van der Waals surface area contributed by atoms with E-state index in [1.807, 2.05) is 0 Å². The number of Topliss-reactive ketones (excluding diaryl/α,β-unsaturated/α-hetero) is 1. The Morgan fingerprint density at radius 1 is 1.19 bits per heavy atom. The maximum atomic E-state index is 11.9. The Hall–Kier alpha value is -0.990. The number of halogens is 2. The van der Waals surface area contributed by atoms with Crippen molar-refractivity contribution in [2.75, 3.05) is 0 Å². The van der Waals surface area contributed by atoms with E-state index in [-0.39, 0.29) is 5.78 Å². The molecule has 0 saturated carbocycles. The molecule has 3 rings (SSSR count). The first-order chi connectivity index (χ1) is 7.66. The van der Waals surface area contributed by atoms with Crippen LogP contribution in [0.25, 0.3) is 10.9 Å². The number of hydrogen-bond donors (Lipinski definition) is 1. The van der Waals surface area contributed by atoms with Crippen molar-refractivity contribution in [1.29, 1.82) is 0 Å². The number of rotatable bonds is 0. The van der Waals surface area contributed by atoms with Gasteiger partial charge in [0, 0.05) is 28.1 Å². The molecule has 0 aliphatic heterocycles. The zero-order chi connectivity index (χ0) is 11.3. The Bertz CT molecular complexity index is 601. The molecule has 0 atom stereocenters. The van der Waals surface area contributed by atoms with Gasteiger partial charge in [-0.15, -0.1) is 0 Å². The van der Waals surface area contributed by atoms with Crippen LogP contribution in [-0.4, -0.2) is 10.8 Å². The van der Waals surface area contributed by atoms with Crippen LogP contribution < -0.4 is 0 Å². The van der Waals surface area contributed by atoms with Crippen molar-refractivity contribution in [2.24, 2.45) is 0 Å². The first-order valence-electron chi connectivity index (χ1n) is 5.19. The van der Waals surface area contributed by atoms with Crippen LogP contribution in [0.2, 0.25) is 10.0 Å². The predicted octanol–water partition coefficient (Wildman–Crippen LogP) is 3.99. The quantitative estimate of drug-likeness (QED) is 0.757. The first-order valence-corrected chi connectivity index (χ1v) is 5.95. The van der Waals surface area contributed by atoms with Crippen LogP contribution in [0.15, 0.2) is 12.1 Å². The maximum absolute atomic E-state index is 11.9. The summed E-state index contributed by atoms with van der Waals surface area (Å²) >= 11 is 12.1. The Kier molecular flexibility index (Phi) is 2.23. The third-order valence-corrected chi connectivity index (χ3v) is 3.53. The molecular formula is C12H9Cl2NO. The molecule has 2 aromatic rings. The number of aromatic nitrogens is 1. The van der Waals surface area contributed by atoms with Crippen LogP contribution in [0.1, 0.15) is 28.9 Å². The highest BCUT2D eigenvalue weighted by Gasteiger charge is 2.23. The number of benzene rings is 1. The molecule has 1 aliphatic carbocycles. The van der Waals surface area contributed by atoms with Crippen molar-refractivity contribution in [3.63, 3.8) is 0 Å². The third-order valence-electron chi connectivity index (χ3n) is 3.01. The number of carbonyl (C=O) groups excluding carboxylic acids is 1. The molecule has 16 heavy (non-hydrogen) atoms. The highest BCUT2D eigenvalue weighted by molar-refractivity contribution is 6.39. The van der Waals surface area contributed by atoms with Gasteiger partial charge >= 0.3 is 0 Å². The van der Waals surface area contributed by atoms with Gasteiger partial charge in [0.15, 0.2) is 5.78 Å². The normalized spacial score (nSPS) is 15.5. The molecule has 4 heteroatoms. The largest absolute Gasteiger partial charge is 0.357 e. The molecule has 1 aromatic carbocycles. The lowest BCUT2D eigenvalue weighted by atomic mass is 9.94. The third kappa shape index (κ3) is 1.37. The monoisotopic (exact) mass is 253 g/mol. The van der Waals surface area contributed by atoms with Crippen molar-refractivity contribution in [3.8, 4) is 0 Å². The van der Waals surface area contributed by atoms with Crippen molar-refractivity contribution >= 4 is 39.9 Å². The van der Waals surface area contributed by atoms with Gasteiger partial charge in [-0.25, -0.2) is 0 Å². The van der Waals surface area contributed by atoms with Crippen LogP contribution in [-0.2, 0) is 6.42 Å². The molecule has 1 heterocycles. The molecular weight excluding hydrogens is 245 g/mol. The second-order valence-electron chi connectivity index (χ2n) is 4.07. The van der Waals surface area contributed by atoms with Crippen LogP contribution in [0.5, 0.6) is 0 Å². The topological polar surface area (TPSA) is 32.9 Å². The van der Waals surface area contributed by atoms with Crippen LogP contribution in [0.4, 0.5) is 0 Å². The Balaban J connectivity index is 2.42. The molecule has 1 aliphatic rings. The van der Waals surface area contributed by atoms with E-state index < -0.39 is 0 Å². The number of aromatic amines is 1. The van der Waals surface area contributed by atoms with Gasteiger partial charge in [0.1, 0.15) is 0 Å². The van der Waals surface area contributed by atoms with E-state index in [0.717, 1.165) is 35.0 Å². The fourth-order valence-electron chi connectivity index (χ4n) is 2.33. The molecule has 0 amide bonds. The van der Waals surface area contributed by atoms with E-state index in [1.54, 1.807) is 12.1 Å². The lowest BCUT2D eigenvalue weighted by Gasteiger charge is -2.09. The second kappa shape index (κ2) is 3.51. The van der Waals surface area contributed by atoms with Gasteiger partial charge in [-0.1, -0.05) is 23.2 Å². The van der Waals surface area contributed by atoms with Gasteiger partial charge in [-0.2, -0.15) is 0 Å². The number of H-pyrrole nitrogens is 1. The number of fused-ring (bicyclic) bond motifs is 3. The molecule has 82 valence electrons. The fraction of sp³-hybridized carbons (Fsp3) is 0.250. The molecule has 0 saturated heterocycles. The predicted molar refractivity (Wildman–Crippen MR) is 65.6 cm³/mol. The minimum absolute atomic E-state index is 0.186. The summed E-state index contributed by atoms with van der Waals surface area (Å²) < 4.78 is 0. The van der Waals surface area contributed by atoms with E-state index in [9.17, 15) is 4.79 Å². The van der Waals surface area contributed by atoms with Crippen molar-refractivity contribution in [1.82, 2.24) is 4.98 Å². The first kappa shape index (κ1) is 10.2. The average Bonchev–Trinajstić information content (AvgIpc) is 2.58. The lowest BCUT2D eigenvalue weighted by molar-refractivity contribution is 0.0974. The second-order valence-corrected chi connectivity index (χ2v) is 4.91. The molecule has 0 unspecified atom stereocenters. The summed E-state index contributed by atoms with van der Waals surface area (Å²) in [6.07, 6.45) is 2.43. The Labute approximate surface area is 103 Å². The van der Waals surface area contributed by atoms with Crippen molar-refractivity contribution in [3.05, 3.63) is 33.4 Å². The van der Waals surface area contributed by atoms with Gasteiger partial charge in [0.25, 0.3) is 0 Å². The fourth-order valence-corrected chi connectivity index (χ4v) is 2.87. The Morgan fingerprint density at radius 3 is 2.81 bits per heavy atom. The summed E-state index contributed by atoms with van der Waals surface area (Å²) in [5.74, 6) is 0.186. The summed E-state index contributed by atoms with van der Waals surface area (Å²) in [6, 6.07) is 3.50. The van der Waals surface area contributed by atoms with Crippen molar-refractivity contribution in [2.45, 2.75) is 19.3 Å². The highest BCUT2D eigenvalue weighted by atomic mass is 35.5. The molecule has 0 fully saturated rings. The minimum Gasteiger partial charge on any atom is -0.357 e. The van der Waals surface area contributed by atoms with Gasteiger partial charge in [-0.3, -0.25) is 4.79 Å². The number of aryl methyl sites for hydroxylation is 1. The number of ketones is 1. The molecule has 0 bridgehead atoms. The SMILES string of the molecule is O=C1CCCc2[nH]c3c(Cl)cc(Cl)cc3c21. The summed E-state index contributed by atoms with van der Waals surface area (Å²) in [7, 11) is 0. The summed E-state index contributed by atoms with van der Waals surface area (Å²) in [5, 5.41) is 2.00. The highest BCUT2D eigenvalue weighted by Crippen LogP contribution is 2.34. The van der Waals surface area contributed by atoms with E-state index in [4.69, 9.17) is 23.2 Å². The molecule has 0 radical (unpaired) electrons. The van der Waals surface area contributed by atoms with Gasteiger partial charge in [0.05, 0.1) is 10.5 Å². The maximum Gasteiger partial charge on any atom is 0.165 e. The number of hydrogen-bond acceptors (Lipinski definition) is 1. The minimum atomic E-state index is 0.186. The zero-order valence-corrected chi connectivity index (χ0v) is 9.95. The van der Waals surface area contributed by atoms with Crippen LogP contribution in [0, 0.1) is 0 Å². The van der Waals surface area contributed by atoms with E-state index in [2.05, 4.69) is 4.98 Å². The van der Waals surface area contributed by atoms with Crippen LogP contribution in [0.3, 0.4) is 0 Å². The van der Waals surface area contributed by atoms with Gasteiger partial charge in [0.2, 0.25) is 0 Å². The van der Waals surface area contributed by atoms with Crippen LogP contribution >= 0.6 is 23.2 Å². The molecule has 0 spiro atoms. The average molecular weight is 254 g/mol. The number of carbonyl (C=O) groups is 1. The molecule has 1 aromatic heterocycles. The number of nitrogens with one attached hydrogen (secondary N) is 1. The van der Waals surface area contributed by atoms with E-state index in [1.165, 1.54) is 0 Å². The van der Waals surface area contributed by atoms with Crippen molar-refractivity contribution < 1.29 is 4.79 Å². The van der Waals surface area contributed by atoms with Gasteiger partial charge < -0.3 is 4.98 Å².